The number of hydrogen-bond acceptors (Lipinski definition) is 6. The number of ether oxygens (including phenoxy) is 2. The highest BCUT2D eigenvalue weighted by Gasteiger charge is 2.33. The average Bonchev–Trinajstić information content (AvgIpc) is 3.09. The van der Waals surface area contributed by atoms with E-state index in [1.807, 2.05) is 12.1 Å². The fourth-order valence-electron chi connectivity index (χ4n) is 3.60. The van der Waals surface area contributed by atoms with Crippen LogP contribution in [0.4, 0.5) is 4.39 Å². The largest absolute Gasteiger partial charge is 0.497 e. The fourth-order valence-corrected chi connectivity index (χ4v) is 4.65. The summed E-state index contributed by atoms with van der Waals surface area (Å²) in [5.41, 5.74) is 1.96. The number of benzene rings is 2. The van der Waals surface area contributed by atoms with Crippen molar-refractivity contribution in [3.8, 4) is 5.75 Å². The highest BCUT2D eigenvalue weighted by molar-refractivity contribution is 7.07. The van der Waals surface area contributed by atoms with Crippen LogP contribution in [0, 0.1) is 5.82 Å². The molecule has 0 spiro atoms. The number of methoxy groups -OCH3 is 1. The molecule has 6 nitrogen and oxygen atoms in total. The number of esters is 1. The molecule has 1 atom stereocenters. The van der Waals surface area contributed by atoms with Crippen LogP contribution in [0.15, 0.2) is 69.6 Å². The predicted molar refractivity (Wildman–Crippen MR) is 120 cm³/mol. The van der Waals surface area contributed by atoms with Crippen molar-refractivity contribution in [3.05, 3.63) is 96.4 Å². The first-order chi connectivity index (χ1) is 15.4. The first-order valence-corrected chi connectivity index (χ1v) is 10.8. The third-order valence-electron chi connectivity index (χ3n) is 5.12. The zero-order valence-electron chi connectivity index (χ0n) is 17.8. The average molecular weight is 453 g/mol. The van der Waals surface area contributed by atoms with Crippen molar-refractivity contribution in [2.45, 2.75) is 19.9 Å². The molecule has 3 aromatic rings. The van der Waals surface area contributed by atoms with Crippen molar-refractivity contribution in [2.75, 3.05) is 13.7 Å². The summed E-state index contributed by atoms with van der Waals surface area (Å²) >= 11 is 1.22. The second-order valence-electron chi connectivity index (χ2n) is 7.13. The van der Waals surface area contributed by atoms with E-state index >= 15 is 0 Å². The topological polar surface area (TPSA) is 69.9 Å². The van der Waals surface area contributed by atoms with Gasteiger partial charge in [0.25, 0.3) is 5.56 Å². The minimum Gasteiger partial charge on any atom is -0.497 e. The molecule has 32 heavy (non-hydrogen) atoms. The Morgan fingerprint density at radius 2 is 1.88 bits per heavy atom. The molecule has 0 N–H and O–H groups in total. The first kappa shape index (κ1) is 21.7. The summed E-state index contributed by atoms with van der Waals surface area (Å²) in [6.07, 6.45) is 1.69. The maximum Gasteiger partial charge on any atom is 0.338 e. The molecule has 0 amide bonds. The molecule has 8 heteroatoms. The Morgan fingerprint density at radius 1 is 1.19 bits per heavy atom. The predicted octanol–water partition coefficient (Wildman–Crippen LogP) is 2.95. The Morgan fingerprint density at radius 3 is 2.50 bits per heavy atom. The molecule has 1 unspecified atom stereocenters. The molecular formula is C24H21FN2O4S. The number of hydrogen-bond donors (Lipinski definition) is 0. The molecule has 4 rings (SSSR count). The van der Waals surface area contributed by atoms with E-state index in [-0.39, 0.29) is 18.0 Å². The number of thiazole rings is 1. The summed E-state index contributed by atoms with van der Waals surface area (Å²) in [7, 11) is 1.57. The van der Waals surface area contributed by atoms with Crippen molar-refractivity contribution in [1.29, 1.82) is 0 Å². The zero-order chi connectivity index (χ0) is 22.8. The van der Waals surface area contributed by atoms with Gasteiger partial charge in [0.05, 0.1) is 35.6 Å². The van der Waals surface area contributed by atoms with Crippen LogP contribution in [0.25, 0.3) is 6.08 Å². The summed E-state index contributed by atoms with van der Waals surface area (Å²) in [5, 5.41) is 0. The SMILES string of the molecule is CCOC(=O)C1=C(C)N=c2s/c(=C/c3ccc(F)cc3)c(=O)n2C1c1ccc(OC)cc1. The molecule has 0 bridgehead atoms. The lowest BCUT2D eigenvalue weighted by molar-refractivity contribution is -0.139. The monoisotopic (exact) mass is 452 g/mol. The van der Waals surface area contributed by atoms with Crippen LogP contribution in [0.3, 0.4) is 0 Å². The summed E-state index contributed by atoms with van der Waals surface area (Å²) in [6.45, 7) is 3.67. The number of carbonyl (C=O) groups is 1. The van der Waals surface area contributed by atoms with E-state index in [2.05, 4.69) is 4.99 Å². The van der Waals surface area contributed by atoms with Crippen molar-refractivity contribution >= 4 is 23.4 Å². The minimum atomic E-state index is -0.688. The molecule has 1 aliphatic heterocycles. The number of allylic oxidation sites excluding steroid dienone is 1. The highest BCUT2D eigenvalue weighted by Crippen LogP contribution is 2.31. The van der Waals surface area contributed by atoms with E-state index in [9.17, 15) is 14.0 Å². The lowest BCUT2D eigenvalue weighted by Gasteiger charge is -2.24. The Hall–Kier alpha value is -3.52. The Bertz CT molecular complexity index is 1370. The summed E-state index contributed by atoms with van der Waals surface area (Å²) < 4.78 is 25.7. The van der Waals surface area contributed by atoms with Crippen molar-refractivity contribution in [3.63, 3.8) is 0 Å². The molecular weight excluding hydrogens is 431 g/mol. The van der Waals surface area contributed by atoms with Gasteiger partial charge >= 0.3 is 5.97 Å². The summed E-state index contributed by atoms with van der Waals surface area (Å²) in [6, 6.07) is 12.4. The van der Waals surface area contributed by atoms with Gasteiger partial charge in [-0.05, 0) is 55.3 Å². The number of aromatic nitrogens is 1. The van der Waals surface area contributed by atoms with Crippen LogP contribution in [-0.4, -0.2) is 24.3 Å². The van der Waals surface area contributed by atoms with Gasteiger partial charge in [-0.3, -0.25) is 9.36 Å². The molecule has 0 saturated heterocycles. The van der Waals surface area contributed by atoms with Crippen LogP contribution in [0.5, 0.6) is 5.75 Å². The van der Waals surface area contributed by atoms with E-state index in [1.165, 1.54) is 28.0 Å². The van der Waals surface area contributed by atoms with Gasteiger partial charge in [-0.1, -0.05) is 35.6 Å². The molecule has 1 aliphatic rings. The van der Waals surface area contributed by atoms with Gasteiger partial charge in [0, 0.05) is 0 Å². The standard InChI is InChI=1S/C24H21FN2O4S/c1-4-31-23(29)20-14(2)26-24-27(21(20)16-7-11-18(30-3)12-8-16)22(28)19(32-24)13-15-5-9-17(25)10-6-15/h5-13,21H,4H2,1-3H3/b19-13+. The zero-order valence-corrected chi connectivity index (χ0v) is 18.6. The normalized spacial score (nSPS) is 15.9. The Kier molecular flexibility index (Phi) is 6.05. The maximum absolute atomic E-state index is 13.4. The van der Waals surface area contributed by atoms with E-state index < -0.39 is 12.0 Å². The number of halogens is 1. The van der Waals surface area contributed by atoms with Gasteiger partial charge in [-0.25, -0.2) is 14.2 Å². The van der Waals surface area contributed by atoms with Crippen LogP contribution in [-0.2, 0) is 9.53 Å². The molecule has 2 aromatic carbocycles. The minimum absolute atomic E-state index is 0.208. The highest BCUT2D eigenvalue weighted by atomic mass is 32.1. The number of rotatable bonds is 5. The number of nitrogens with zero attached hydrogens (tertiary/aromatic N) is 2. The maximum atomic E-state index is 13.4. The summed E-state index contributed by atoms with van der Waals surface area (Å²) in [5.74, 6) is -0.198. The van der Waals surface area contributed by atoms with Crippen molar-refractivity contribution in [1.82, 2.24) is 4.57 Å². The van der Waals surface area contributed by atoms with Crippen LogP contribution < -0.4 is 19.6 Å². The molecule has 0 aliphatic carbocycles. The van der Waals surface area contributed by atoms with Crippen molar-refractivity contribution < 1.29 is 18.7 Å². The van der Waals surface area contributed by atoms with Gasteiger partial charge in [0.2, 0.25) is 0 Å². The Balaban J connectivity index is 1.93. The summed E-state index contributed by atoms with van der Waals surface area (Å²) in [4.78, 5) is 31.3. The smallest absolute Gasteiger partial charge is 0.338 e. The number of fused-ring (bicyclic) bond motifs is 1. The molecule has 1 aromatic heterocycles. The first-order valence-electron chi connectivity index (χ1n) is 10.0. The van der Waals surface area contributed by atoms with Crippen LogP contribution in [0.1, 0.15) is 31.0 Å². The molecule has 0 fully saturated rings. The molecule has 164 valence electrons. The van der Waals surface area contributed by atoms with Gasteiger partial charge in [-0.15, -0.1) is 0 Å². The third-order valence-corrected chi connectivity index (χ3v) is 6.10. The second-order valence-corrected chi connectivity index (χ2v) is 8.14. The van der Waals surface area contributed by atoms with Gasteiger partial charge in [0.15, 0.2) is 4.80 Å². The Labute approximate surface area is 187 Å². The van der Waals surface area contributed by atoms with Crippen LogP contribution in [0.2, 0.25) is 0 Å². The van der Waals surface area contributed by atoms with E-state index in [0.717, 1.165) is 5.56 Å². The second kappa shape index (κ2) is 8.92. The lowest BCUT2D eigenvalue weighted by Crippen LogP contribution is -2.39. The van der Waals surface area contributed by atoms with E-state index in [4.69, 9.17) is 9.47 Å². The van der Waals surface area contributed by atoms with Gasteiger partial charge in [-0.2, -0.15) is 0 Å². The van der Waals surface area contributed by atoms with Crippen molar-refractivity contribution in [2.24, 2.45) is 4.99 Å². The number of carbonyl (C=O) groups excluding carboxylic acids is 1. The lowest BCUT2D eigenvalue weighted by atomic mass is 9.96. The fraction of sp³-hybridized carbons (Fsp3) is 0.208. The van der Waals surface area contributed by atoms with Gasteiger partial charge in [0.1, 0.15) is 11.6 Å². The molecule has 2 heterocycles. The van der Waals surface area contributed by atoms with E-state index in [1.54, 1.807) is 51.3 Å². The molecule has 0 saturated carbocycles. The van der Waals surface area contributed by atoms with Crippen LogP contribution >= 0.6 is 11.3 Å². The molecule has 0 radical (unpaired) electrons. The van der Waals surface area contributed by atoms with E-state index in [0.29, 0.717) is 31.9 Å². The third kappa shape index (κ3) is 4.01. The quantitative estimate of drug-likeness (QED) is 0.558. The van der Waals surface area contributed by atoms with Gasteiger partial charge < -0.3 is 9.47 Å².